The van der Waals surface area contributed by atoms with Crippen molar-refractivity contribution in [3.63, 3.8) is 0 Å². The second kappa shape index (κ2) is 11.2. The van der Waals surface area contributed by atoms with Crippen molar-refractivity contribution in [2.45, 2.75) is 19.3 Å². The molecular weight excluding hydrogens is 266 g/mol. The number of rotatable bonds is 12. The molecule has 7 heteroatoms. The van der Waals surface area contributed by atoms with E-state index < -0.39 is 10.0 Å². The number of nitrogens with one attached hydrogen (secondary N) is 1. The third-order valence-corrected chi connectivity index (χ3v) is 3.75. The molecule has 0 aromatic carbocycles. The summed E-state index contributed by atoms with van der Waals surface area (Å²) in [5.74, 6) is 0.646. The molecule has 0 radical (unpaired) electrons. The minimum atomic E-state index is -3.14. The predicted molar refractivity (Wildman–Crippen MR) is 69.1 cm³/mol. The maximum atomic E-state index is 11.4. The van der Waals surface area contributed by atoms with Crippen molar-refractivity contribution in [2.75, 3.05) is 45.1 Å². The number of ether oxygens (including phenoxy) is 2. The molecule has 0 atom stereocenters. The summed E-state index contributed by atoms with van der Waals surface area (Å²) in [5.41, 5.74) is 0. The Hall–Kier alpha value is 0.120. The van der Waals surface area contributed by atoms with E-state index in [1.54, 1.807) is 7.11 Å². The van der Waals surface area contributed by atoms with Crippen LogP contribution in [0.4, 0.5) is 0 Å². The van der Waals surface area contributed by atoms with E-state index in [2.05, 4.69) is 4.72 Å². The summed E-state index contributed by atoms with van der Waals surface area (Å²) in [4.78, 5) is 0. The van der Waals surface area contributed by atoms with Gasteiger partial charge in [-0.3, -0.25) is 0 Å². The van der Waals surface area contributed by atoms with Crippen molar-refractivity contribution < 1.29 is 17.9 Å². The fourth-order valence-electron chi connectivity index (χ4n) is 1.10. The zero-order valence-corrected chi connectivity index (χ0v) is 11.9. The first-order valence-corrected chi connectivity index (χ1v) is 7.91. The maximum absolute atomic E-state index is 11.4. The van der Waals surface area contributed by atoms with E-state index >= 15 is 0 Å². The Morgan fingerprint density at radius 2 is 1.88 bits per heavy atom. The normalized spacial score (nSPS) is 11.9. The molecule has 0 fully saturated rings. The van der Waals surface area contributed by atoms with E-state index in [9.17, 15) is 8.42 Å². The van der Waals surface area contributed by atoms with E-state index in [1.807, 2.05) is 0 Å². The summed E-state index contributed by atoms with van der Waals surface area (Å²) in [6.07, 6.45) is 1.99. The molecule has 104 valence electrons. The summed E-state index contributed by atoms with van der Waals surface area (Å²) in [6, 6.07) is 0. The first-order chi connectivity index (χ1) is 8.12. The minimum absolute atomic E-state index is 0.143. The number of methoxy groups -OCH3 is 1. The van der Waals surface area contributed by atoms with E-state index in [0.29, 0.717) is 45.1 Å². The second-order valence-corrected chi connectivity index (χ2v) is 5.87. The highest BCUT2D eigenvalue weighted by Crippen LogP contribution is 1.96. The first kappa shape index (κ1) is 17.1. The van der Waals surface area contributed by atoms with Gasteiger partial charge < -0.3 is 9.47 Å². The van der Waals surface area contributed by atoms with Gasteiger partial charge in [0.1, 0.15) is 0 Å². The van der Waals surface area contributed by atoms with Crippen LogP contribution in [-0.2, 0) is 19.5 Å². The average Bonchev–Trinajstić information content (AvgIpc) is 2.28. The number of unbranched alkanes of at least 4 members (excludes halogenated alkanes) is 1. The van der Waals surface area contributed by atoms with Crippen LogP contribution in [-0.4, -0.2) is 53.5 Å². The standard InChI is InChI=1S/C10H22ClNO4S/c1-15-8-9-16-7-4-6-12-17(13,14)10-3-2-5-11/h12H,2-10H2,1H3. The highest BCUT2D eigenvalue weighted by molar-refractivity contribution is 7.89. The number of halogens is 1. The van der Waals surface area contributed by atoms with Gasteiger partial charge in [0, 0.05) is 26.1 Å². The van der Waals surface area contributed by atoms with Crippen molar-refractivity contribution >= 4 is 21.6 Å². The lowest BCUT2D eigenvalue weighted by atomic mass is 10.4. The number of hydrogen-bond acceptors (Lipinski definition) is 4. The number of alkyl halides is 1. The Balaban J connectivity index is 3.39. The Morgan fingerprint density at radius 1 is 1.12 bits per heavy atom. The van der Waals surface area contributed by atoms with Crippen LogP contribution in [0.2, 0.25) is 0 Å². The van der Waals surface area contributed by atoms with Gasteiger partial charge >= 0.3 is 0 Å². The van der Waals surface area contributed by atoms with Gasteiger partial charge in [0.15, 0.2) is 0 Å². The predicted octanol–water partition coefficient (Wildman–Crippen LogP) is 0.978. The molecule has 0 heterocycles. The quantitative estimate of drug-likeness (QED) is 0.429. The lowest BCUT2D eigenvalue weighted by Gasteiger charge is -2.06. The molecule has 0 unspecified atom stereocenters. The monoisotopic (exact) mass is 287 g/mol. The fourth-order valence-corrected chi connectivity index (χ4v) is 2.48. The summed E-state index contributed by atoms with van der Waals surface area (Å²) in [7, 11) is -1.53. The SMILES string of the molecule is COCCOCCCNS(=O)(=O)CCCCCl. The second-order valence-electron chi connectivity index (χ2n) is 3.57. The maximum Gasteiger partial charge on any atom is 0.211 e. The summed E-state index contributed by atoms with van der Waals surface area (Å²) in [5, 5.41) is 0. The van der Waals surface area contributed by atoms with E-state index in [4.69, 9.17) is 21.1 Å². The van der Waals surface area contributed by atoms with Crippen LogP contribution >= 0.6 is 11.6 Å². The largest absolute Gasteiger partial charge is 0.382 e. The molecule has 1 N–H and O–H groups in total. The van der Waals surface area contributed by atoms with Gasteiger partial charge in [0.05, 0.1) is 19.0 Å². The van der Waals surface area contributed by atoms with Crippen molar-refractivity contribution in [2.24, 2.45) is 0 Å². The zero-order chi connectivity index (χ0) is 13.0. The lowest BCUT2D eigenvalue weighted by molar-refractivity contribution is 0.0699. The molecule has 0 bridgehead atoms. The molecule has 0 amide bonds. The first-order valence-electron chi connectivity index (χ1n) is 5.72. The fraction of sp³-hybridized carbons (Fsp3) is 1.00. The van der Waals surface area contributed by atoms with E-state index in [0.717, 1.165) is 6.42 Å². The molecule has 0 spiro atoms. The highest BCUT2D eigenvalue weighted by Gasteiger charge is 2.08. The Bertz CT molecular complexity index is 259. The van der Waals surface area contributed by atoms with Crippen LogP contribution in [0, 0.1) is 0 Å². The summed E-state index contributed by atoms with van der Waals surface area (Å²) >= 11 is 5.48. The van der Waals surface area contributed by atoms with Gasteiger partial charge in [-0.25, -0.2) is 13.1 Å². The van der Waals surface area contributed by atoms with Gasteiger partial charge in [-0.15, -0.1) is 11.6 Å². The van der Waals surface area contributed by atoms with Crippen LogP contribution in [0.1, 0.15) is 19.3 Å². The minimum Gasteiger partial charge on any atom is -0.382 e. The highest BCUT2D eigenvalue weighted by atomic mass is 35.5. The van der Waals surface area contributed by atoms with Gasteiger partial charge in [0.2, 0.25) is 10.0 Å². The Labute approximate surface area is 109 Å². The molecule has 0 aromatic rings. The molecule has 17 heavy (non-hydrogen) atoms. The molecule has 0 saturated carbocycles. The molecule has 0 aromatic heterocycles. The van der Waals surface area contributed by atoms with Crippen LogP contribution < -0.4 is 4.72 Å². The number of sulfonamides is 1. The molecule has 0 aliphatic carbocycles. The lowest BCUT2D eigenvalue weighted by Crippen LogP contribution is -2.28. The van der Waals surface area contributed by atoms with Gasteiger partial charge in [-0.1, -0.05) is 0 Å². The molecule has 0 rings (SSSR count). The third-order valence-electron chi connectivity index (χ3n) is 2.02. The Kier molecular flexibility index (Phi) is 11.3. The van der Waals surface area contributed by atoms with Crippen molar-refractivity contribution in [3.05, 3.63) is 0 Å². The zero-order valence-electron chi connectivity index (χ0n) is 10.3. The van der Waals surface area contributed by atoms with Gasteiger partial charge in [-0.2, -0.15) is 0 Å². The van der Waals surface area contributed by atoms with Crippen molar-refractivity contribution in [1.82, 2.24) is 4.72 Å². The molecule has 5 nitrogen and oxygen atoms in total. The van der Waals surface area contributed by atoms with E-state index in [1.165, 1.54) is 0 Å². The molecule has 0 aliphatic rings. The van der Waals surface area contributed by atoms with Crippen molar-refractivity contribution in [1.29, 1.82) is 0 Å². The molecule has 0 aliphatic heterocycles. The van der Waals surface area contributed by atoms with E-state index in [-0.39, 0.29) is 5.75 Å². The smallest absolute Gasteiger partial charge is 0.211 e. The van der Waals surface area contributed by atoms with Gasteiger partial charge in [-0.05, 0) is 19.3 Å². The van der Waals surface area contributed by atoms with Crippen molar-refractivity contribution in [3.8, 4) is 0 Å². The van der Waals surface area contributed by atoms with Crippen LogP contribution in [0.3, 0.4) is 0 Å². The topological polar surface area (TPSA) is 64.6 Å². The van der Waals surface area contributed by atoms with Crippen LogP contribution in [0.5, 0.6) is 0 Å². The van der Waals surface area contributed by atoms with Crippen LogP contribution in [0.15, 0.2) is 0 Å². The van der Waals surface area contributed by atoms with Crippen LogP contribution in [0.25, 0.3) is 0 Å². The van der Waals surface area contributed by atoms with Gasteiger partial charge in [0.25, 0.3) is 0 Å². The third kappa shape index (κ3) is 12.4. The summed E-state index contributed by atoms with van der Waals surface area (Å²) < 4.78 is 35.4. The Morgan fingerprint density at radius 3 is 2.53 bits per heavy atom. The summed E-state index contributed by atoms with van der Waals surface area (Å²) in [6.45, 7) is 2.05. The average molecular weight is 288 g/mol. The molecule has 0 saturated heterocycles. The molecular formula is C10H22ClNO4S. The number of hydrogen-bond donors (Lipinski definition) is 1.